The first-order chi connectivity index (χ1) is 8.43. The third kappa shape index (κ3) is 9.93. The number of unbranched alkanes of at least 4 members (excludes halogenated alkanes) is 3. The van der Waals surface area contributed by atoms with E-state index in [0.717, 1.165) is 32.2 Å². The summed E-state index contributed by atoms with van der Waals surface area (Å²) in [5.74, 6) is -0.268. The molecule has 106 valence electrons. The van der Waals surface area contributed by atoms with Gasteiger partial charge in [-0.25, -0.2) is 4.79 Å². The van der Waals surface area contributed by atoms with Gasteiger partial charge in [0.15, 0.2) is 0 Å². The van der Waals surface area contributed by atoms with E-state index in [4.69, 9.17) is 5.11 Å². The lowest BCUT2D eigenvalue weighted by Gasteiger charge is -2.19. The zero-order valence-electron chi connectivity index (χ0n) is 11.7. The minimum Gasteiger partial charge on any atom is -0.481 e. The first-order valence-corrected chi connectivity index (χ1v) is 6.64. The molecule has 0 atom stereocenters. The van der Waals surface area contributed by atoms with Crippen LogP contribution in [0.5, 0.6) is 0 Å². The van der Waals surface area contributed by atoms with Crippen LogP contribution >= 0.6 is 0 Å². The summed E-state index contributed by atoms with van der Waals surface area (Å²) in [6.07, 6.45) is 3.73. The lowest BCUT2D eigenvalue weighted by Crippen LogP contribution is -2.39. The largest absolute Gasteiger partial charge is 0.481 e. The predicted octanol–water partition coefficient (Wildman–Crippen LogP) is 2.32. The molecule has 0 aliphatic rings. The normalized spacial score (nSPS) is 10.4. The molecular formula is C13H26N2O3. The van der Waals surface area contributed by atoms with Crippen LogP contribution in [0.15, 0.2) is 0 Å². The zero-order valence-corrected chi connectivity index (χ0v) is 11.7. The minimum absolute atomic E-state index is 0.0331. The molecule has 5 nitrogen and oxygen atoms in total. The number of nitrogens with one attached hydrogen (secondary N) is 1. The summed E-state index contributed by atoms with van der Waals surface area (Å²) in [5, 5.41) is 11.3. The molecule has 0 radical (unpaired) electrons. The predicted molar refractivity (Wildman–Crippen MR) is 71.6 cm³/mol. The minimum atomic E-state index is -0.737. The molecule has 5 heteroatoms. The second-order valence-electron chi connectivity index (χ2n) is 5.06. The Kier molecular flexibility index (Phi) is 9.06. The topological polar surface area (TPSA) is 69.6 Å². The van der Waals surface area contributed by atoms with Crippen LogP contribution in [0.3, 0.4) is 0 Å². The van der Waals surface area contributed by atoms with Crippen molar-refractivity contribution in [3.8, 4) is 0 Å². The third-order valence-electron chi connectivity index (χ3n) is 2.58. The maximum absolute atomic E-state index is 11.6. The summed E-state index contributed by atoms with van der Waals surface area (Å²) >= 11 is 0. The molecule has 0 saturated heterocycles. The van der Waals surface area contributed by atoms with Crippen molar-refractivity contribution in [2.24, 2.45) is 5.92 Å². The molecule has 0 saturated carbocycles. The SMILES string of the molecule is CC(C)CN(C)C(=O)NCCCCCCC(=O)O. The van der Waals surface area contributed by atoms with Crippen molar-refractivity contribution >= 4 is 12.0 Å². The highest BCUT2D eigenvalue weighted by Crippen LogP contribution is 2.02. The van der Waals surface area contributed by atoms with E-state index in [0.29, 0.717) is 12.5 Å². The van der Waals surface area contributed by atoms with Gasteiger partial charge in [-0.1, -0.05) is 26.7 Å². The molecule has 0 aliphatic carbocycles. The van der Waals surface area contributed by atoms with Gasteiger partial charge >= 0.3 is 12.0 Å². The summed E-state index contributed by atoms with van der Waals surface area (Å²) in [6, 6.07) is -0.0331. The molecule has 0 aromatic heterocycles. The number of carbonyl (C=O) groups excluding carboxylic acids is 1. The highest BCUT2D eigenvalue weighted by molar-refractivity contribution is 5.73. The van der Waals surface area contributed by atoms with Gasteiger partial charge < -0.3 is 15.3 Å². The van der Waals surface area contributed by atoms with Gasteiger partial charge in [0.05, 0.1) is 0 Å². The summed E-state index contributed by atoms with van der Waals surface area (Å²) in [5.41, 5.74) is 0. The highest BCUT2D eigenvalue weighted by atomic mass is 16.4. The van der Waals surface area contributed by atoms with Crippen LogP contribution in [-0.4, -0.2) is 42.1 Å². The fourth-order valence-electron chi connectivity index (χ4n) is 1.72. The van der Waals surface area contributed by atoms with E-state index in [1.54, 1.807) is 11.9 Å². The number of aliphatic carboxylic acids is 1. The molecule has 0 spiro atoms. The Hall–Kier alpha value is -1.26. The maximum Gasteiger partial charge on any atom is 0.317 e. The van der Waals surface area contributed by atoms with Crippen LogP contribution in [0, 0.1) is 5.92 Å². The first-order valence-electron chi connectivity index (χ1n) is 6.64. The van der Waals surface area contributed by atoms with Gasteiger partial charge in [-0.05, 0) is 18.8 Å². The Balaban J connectivity index is 3.43. The molecule has 0 heterocycles. The molecule has 0 aliphatic heterocycles. The van der Waals surface area contributed by atoms with Crippen molar-refractivity contribution in [2.45, 2.75) is 46.0 Å². The van der Waals surface area contributed by atoms with Gasteiger partial charge in [0.1, 0.15) is 0 Å². The van der Waals surface area contributed by atoms with Gasteiger partial charge in [0.25, 0.3) is 0 Å². The summed E-state index contributed by atoms with van der Waals surface area (Å²) < 4.78 is 0. The molecule has 0 aromatic carbocycles. The number of carbonyl (C=O) groups is 2. The average Bonchev–Trinajstić information content (AvgIpc) is 2.26. The fourth-order valence-corrected chi connectivity index (χ4v) is 1.72. The van der Waals surface area contributed by atoms with Crippen molar-refractivity contribution in [1.29, 1.82) is 0 Å². The van der Waals surface area contributed by atoms with Crippen molar-refractivity contribution in [3.63, 3.8) is 0 Å². The lowest BCUT2D eigenvalue weighted by molar-refractivity contribution is -0.137. The standard InChI is InChI=1S/C13H26N2O3/c1-11(2)10-15(3)13(18)14-9-7-5-4-6-8-12(16)17/h11H,4-10H2,1-3H3,(H,14,18)(H,16,17). The van der Waals surface area contributed by atoms with Crippen LogP contribution in [0.1, 0.15) is 46.0 Å². The van der Waals surface area contributed by atoms with Crippen LogP contribution in [0.4, 0.5) is 4.79 Å². The molecule has 0 unspecified atom stereocenters. The number of urea groups is 1. The van der Waals surface area contributed by atoms with E-state index in [-0.39, 0.29) is 12.5 Å². The molecule has 0 aromatic rings. The highest BCUT2D eigenvalue weighted by Gasteiger charge is 2.08. The van der Waals surface area contributed by atoms with Crippen LogP contribution in [0.25, 0.3) is 0 Å². The summed E-state index contributed by atoms with van der Waals surface area (Å²) in [4.78, 5) is 23.6. The Bertz CT molecular complexity index is 255. The Labute approximate surface area is 110 Å². The van der Waals surface area contributed by atoms with Crippen LogP contribution in [-0.2, 0) is 4.79 Å². The van der Waals surface area contributed by atoms with Crippen molar-refractivity contribution < 1.29 is 14.7 Å². The second kappa shape index (κ2) is 9.74. The molecule has 18 heavy (non-hydrogen) atoms. The fraction of sp³-hybridized carbons (Fsp3) is 0.846. The zero-order chi connectivity index (χ0) is 14.0. The smallest absolute Gasteiger partial charge is 0.317 e. The quantitative estimate of drug-likeness (QED) is 0.623. The van der Waals surface area contributed by atoms with E-state index in [2.05, 4.69) is 19.2 Å². The number of amides is 2. The van der Waals surface area contributed by atoms with Gasteiger partial charge in [0.2, 0.25) is 0 Å². The number of carboxylic acids is 1. The molecule has 0 fully saturated rings. The van der Waals surface area contributed by atoms with E-state index in [1.807, 2.05) is 0 Å². The van der Waals surface area contributed by atoms with E-state index >= 15 is 0 Å². The van der Waals surface area contributed by atoms with Gasteiger partial charge in [-0.2, -0.15) is 0 Å². The van der Waals surface area contributed by atoms with E-state index < -0.39 is 5.97 Å². The van der Waals surface area contributed by atoms with Crippen molar-refractivity contribution in [1.82, 2.24) is 10.2 Å². The first kappa shape index (κ1) is 16.7. The molecular weight excluding hydrogens is 232 g/mol. The van der Waals surface area contributed by atoms with Crippen molar-refractivity contribution in [3.05, 3.63) is 0 Å². The Morgan fingerprint density at radius 2 is 1.78 bits per heavy atom. The van der Waals surface area contributed by atoms with Crippen molar-refractivity contribution in [2.75, 3.05) is 20.1 Å². The third-order valence-corrected chi connectivity index (χ3v) is 2.58. The number of rotatable bonds is 9. The molecule has 2 N–H and O–H groups in total. The summed E-state index contributed by atoms with van der Waals surface area (Å²) in [7, 11) is 1.79. The van der Waals surface area contributed by atoms with E-state index in [9.17, 15) is 9.59 Å². The lowest BCUT2D eigenvalue weighted by atomic mass is 10.1. The molecule has 2 amide bonds. The van der Waals surface area contributed by atoms with E-state index in [1.165, 1.54) is 0 Å². The van der Waals surface area contributed by atoms with Crippen LogP contribution < -0.4 is 5.32 Å². The molecule has 0 bridgehead atoms. The molecule has 0 rings (SSSR count). The summed E-state index contributed by atoms with van der Waals surface area (Å²) in [6.45, 7) is 5.57. The Morgan fingerprint density at radius 3 is 2.33 bits per heavy atom. The van der Waals surface area contributed by atoms with Gasteiger partial charge in [-0.3, -0.25) is 4.79 Å². The monoisotopic (exact) mass is 258 g/mol. The van der Waals surface area contributed by atoms with Crippen LogP contribution in [0.2, 0.25) is 0 Å². The maximum atomic E-state index is 11.6. The van der Waals surface area contributed by atoms with Gasteiger partial charge in [-0.15, -0.1) is 0 Å². The number of nitrogens with zero attached hydrogens (tertiary/aromatic N) is 1. The number of hydrogen-bond acceptors (Lipinski definition) is 2. The Morgan fingerprint density at radius 1 is 1.17 bits per heavy atom. The number of carboxylic acid groups (broad SMARTS) is 1. The second-order valence-corrected chi connectivity index (χ2v) is 5.06. The average molecular weight is 258 g/mol. The number of hydrogen-bond donors (Lipinski definition) is 2. The van der Waals surface area contributed by atoms with Gasteiger partial charge in [0, 0.05) is 26.6 Å².